The van der Waals surface area contributed by atoms with Gasteiger partial charge in [0.2, 0.25) is 0 Å². The molecular weight excluding hydrogens is 427 g/mol. The van der Waals surface area contributed by atoms with E-state index in [1.54, 1.807) is 24.4 Å². The van der Waals surface area contributed by atoms with Crippen LogP contribution in [-0.2, 0) is 6.54 Å². The zero-order valence-corrected chi connectivity index (χ0v) is 15.3. The Bertz CT molecular complexity index is 963. The minimum atomic E-state index is -3.06. The number of nitrogens with zero attached hydrogens (tertiary/aromatic N) is 2. The van der Waals surface area contributed by atoms with Gasteiger partial charge in [-0.3, -0.25) is 9.48 Å². The van der Waals surface area contributed by atoms with Crippen LogP contribution in [0.5, 0.6) is 5.75 Å². The number of anilines is 1. The SMILES string of the molecule is O=C(Nc1ccn(Cc2ccccc2F)n1)c1cc(Br)ccc1OC(F)F. The van der Waals surface area contributed by atoms with Gasteiger partial charge in [0.15, 0.2) is 5.82 Å². The van der Waals surface area contributed by atoms with Crippen molar-refractivity contribution in [2.75, 3.05) is 5.32 Å². The molecule has 0 aliphatic carbocycles. The van der Waals surface area contributed by atoms with E-state index in [1.165, 1.54) is 35.0 Å². The second kappa shape index (κ2) is 8.26. The predicted molar refractivity (Wildman–Crippen MR) is 96.5 cm³/mol. The lowest BCUT2D eigenvalue weighted by atomic mass is 10.2. The van der Waals surface area contributed by atoms with Crippen molar-refractivity contribution >= 4 is 27.7 Å². The van der Waals surface area contributed by atoms with Crippen LogP contribution in [-0.4, -0.2) is 22.3 Å². The third-order valence-corrected chi connectivity index (χ3v) is 4.07. The fourth-order valence-electron chi connectivity index (χ4n) is 2.38. The molecule has 0 aliphatic heterocycles. The van der Waals surface area contributed by atoms with Crippen LogP contribution >= 0.6 is 15.9 Å². The molecule has 27 heavy (non-hydrogen) atoms. The summed E-state index contributed by atoms with van der Waals surface area (Å²) < 4.78 is 45.1. The standard InChI is InChI=1S/C18H13BrF3N3O2/c19-12-5-6-15(27-18(21)22)13(9-12)17(26)23-16-7-8-25(24-16)10-11-3-1-2-4-14(11)20/h1-9,18H,10H2,(H,23,24,26). The lowest BCUT2D eigenvalue weighted by Crippen LogP contribution is -2.15. The molecule has 0 saturated carbocycles. The largest absolute Gasteiger partial charge is 0.434 e. The molecule has 1 aromatic heterocycles. The molecule has 0 aliphatic rings. The molecule has 1 amide bonds. The van der Waals surface area contributed by atoms with Crippen molar-refractivity contribution in [2.24, 2.45) is 0 Å². The van der Waals surface area contributed by atoms with E-state index in [0.29, 0.717) is 10.0 Å². The molecule has 3 aromatic rings. The number of carbonyl (C=O) groups excluding carboxylic acids is 1. The number of carbonyl (C=O) groups is 1. The smallest absolute Gasteiger partial charge is 0.387 e. The number of ether oxygens (including phenoxy) is 1. The highest BCUT2D eigenvalue weighted by Crippen LogP contribution is 2.25. The first-order chi connectivity index (χ1) is 12.9. The second-order valence-electron chi connectivity index (χ2n) is 5.46. The van der Waals surface area contributed by atoms with Gasteiger partial charge in [0, 0.05) is 22.3 Å². The van der Waals surface area contributed by atoms with Crippen molar-refractivity contribution in [3.63, 3.8) is 0 Å². The predicted octanol–water partition coefficient (Wildman–Crippen LogP) is 4.69. The Morgan fingerprint density at radius 2 is 2.00 bits per heavy atom. The Labute approximate surface area is 160 Å². The summed E-state index contributed by atoms with van der Waals surface area (Å²) in [6.07, 6.45) is 1.57. The molecule has 2 aromatic carbocycles. The molecule has 5 nitrogen and oxygen atoms in total. The van der Waals surface area contributed by atoms with Gasteiger partial charge in [-0.1, -0.05) is 34.1 Å². The molecule has 1 N–H and O–H groups in total. The third-order valence-electron chi connectivity index (χ3n) is 3.57. The molecule has 0 spiro atoms. The van der Waals surface area contributed by atoms with Crippen LogP contribution in [0.15, 0.2) is 59.2 Å². The minimum absolute atomic E-state index is 0.0756. The molecule has 0 unspecified atom stereocenters. The molecule has 0 saturated heterocycles. The van der Waals surface area contributed by atoms with E-state index in [2.05, 4.69) is 31.1 Å². The maximum Gasteiger partial charge on any atom is 0.387 e. The van der Waals surface area contributed by atoms with Gasteiger partial charge in [-0.05, 0) is 24.3 Å². The summed E-state index contributed by atoms with van der Waals surface area (Å²) >= 11 is 3.19. The lowest BCUT2D eigenvalue weighted by Gasteiger charge is -2.10. The van der Waals surface area contributed by atoms with E-state index in [1.807, 2.05) is 0 Å². The second-order valence-corrected chi connectivity index (χ2v) is 6.38. The fourth-order valence-corrected chi connectivity index (χ4v) is 2.74. The van der Waals surface area contributed by atoms with Crippen LogP contribution in [0, 0.1) is 5.82 Å². The van der Waals surface area contributed by atoms with Crippen LogP contribution in [0.3, 0.4) is 0 Å². The number of benzene rings is 2. The topological polar surface area (TPSA) is 56.2 Å². The summed E-state index contributed by atoms with van der Waals surface area (Å²) in [7, 11) is 0. The number of rotatable bonds is 6. The fraction of sp³-hybridized carbons (Fsp3) is 0.111. The van der Waals surface area contributed by atoms with Gasteiger partial charge in [-0.2, -0.15) is 13.9 Å². The summed E-state index contributed by atoms with van der Waals surface area (Å²) in [5, 5.41) is 6.65. The molecular formula is C18H13BrF3N3O2. The number of hydrogen-bond acceptors (Lipinski definition) is 3. The average Bonchev–Trinajstić information content (AvgIpc) is 3.05. The van der Waals surface area contributed by atoms with Gasteiger partial charge >= 0.3 is 6.61 Å². The van der Waals surface area contributed by atoms with Crippen molar-refractivity contribution in [1.29, 1.82) is 0 Å². The van der Waals surface area contributed by atoms with Gasteiger partial charge in [0.05, 0.1) is 12.1 Å². The maximum absolute atomic E-state index is 13.7. The molecule has 0 bridgehead atoms. The van der Waals surface area contributed by atoms with Gasteiger partial charge < -0.3 is 10.1 Å². The molecule has 0 radical (unpaired) electrons. The van der Waals surface area contributed by atoms with Crippen LogP contribution in [0.1, 0.15) is 15.9 Å². The summed E-state index contributed by atoms with van der Waals surface area (Å²) in [6, 6.07) is 11.9. The highest BCUT2D eigenvalue weighted by Gasteiger charge is 2.17. The Balaban J connectivity index is 1.75. The first-order valence-corrected chi connectivity index (χ1v) is 8.54. The van der Waals surface area contributed by atoms with Crippen molar-refractivity contribution in [3.05, 3.63) is 76.1 Å². The normalized spacial score (nSPS) is 10.9. The van der Waals surface area contributed by atoms with Crippen molar-refractivity contribution in [3.8, 4) is 5.75 Å². The van der Waals surface area contributed by atoms with Crippen molar-refractivity contribution in [1.82, 2.24) is 9.78 Å². The Morgan fingerprint density at radius 1 is 1.22 bits per heavy atom. The zero-order valence-electron chi connectivity index (χ0n) is 13.7. The first kappa shape index (κ1) is 19.0. The van der Waals surface area contributed by atoms with Crippen LogP contribution < -0.4 is 10.1 Å². The number of nitrogens with one attached hydrogen (secondary N) is 1. The van der Waals surface area contributed by atoms with E-state index in [-0.39, 0.29) is 29.5 Å². The number of amides is 1. The number of alkyl halides is 2. The van der Waals surface area contributed by atoms with E-state index in [0.717, 1.165) is 0 Å². The van der Waals surface area contributed by atoms with E-state index in [9.17, 15) is 18.0 Å². The third kappa shape index (κ3) is 4.88. The Hall–Kier alpha value is -2.81. The van der Waals surface area contributed by atoms with Crippen LogP contribution in [0.4, 0.5) is 19.0 Å². The molecule has 0 fully saturated rings. The quantitative estimate of drug-likeness (QED) is 0.606. The summed E-state index contributed by atoms with van der Waals surface area (Å²) in [5.74, 6) is -1.08. The monoisotopic (exact) mass is 439 g/mol. The highest BCUT2D eigenvalue weighted by molar-refractivity contribution is 9.10. The Morgan fingerprint density at radius 3 is 2.74 bits per heavy atom. The molecule has 0 atom stereocenters. The number of aromatic nitrogens is 2. The summed E-state index contributed by atoms with van der Waals surface area (Å²) in [6.45, 7) is -2.88. The maximum atomic E-state index is 13.7. The highest BCUT2D eigenvalue weighted by atomic mass is 79.9. The Kier molecular flexibility index (Phi) is 5.80. The minimum Gasteiger partial charge on any atom is -0.434 e. The molecule has 9 heteroatoms. The average molecular weight is 440 g/mol. The molecule has 140 valence electrons. The van der Waals surface area contributed by atoms with E-state index >= 15 is 0 Å². The van der Waals surface area contributed by atoms with E-state index < -0.39 is 12.5 Å². The van der Waals surface area contributed by atoms with Gasteiger partial charge in [0.1, 0.15) is 11.6 Å². The zero-order chi connectivity index (χ0) is 19.4. The van der Waals surface area contributed by atoms with Crippen LogP contribution in [0.25, 0.3) is 0 Å². The van der Waals surface area contributed by atoms with Gasteiger partial charge in [-0.15, -0.1) is 0 Å². The van der Waals surface area contributed by atoms with Gasteiger partial charge in [-0.25, -0.2) is 4.39 Å². The van der Waals surface area contributed by atoms with Crippen LogP contribution in [0.2, 0.25) is 0 Å². The van der Waals surface area contributed by atoms with Gasteiger partial charge in [0.25, 0.3) is 5.91 Å². The number of halogens is 4. The van der Waals surface area contributed by atoms with Crippen molar-refractivity contribution in [2.45, 2.75) is 13.2 Å². The number of hydrogen-bond donors (Lipinski definition) is 1. The van der Waals surface area contributed by atoms with E-state index in [4.69, 9.17) is 0 Å². The summed E-state index contributed by atoms with van der Waals surface area (Å²) in [5.41, 5.74) is 0.367. The summed E-state index contributed by atoms with van der Waals surface area (Å²) in [4.78, 5) is 12.4. The molecule has 3 rings (SSSR count). The van der Waals surface area contributed by atoms with Crippen molar-refractivity contribution < 1.29 is 22.7 Å². The lowest BCUT2D eigenvalue weighted by molar-refractivity contribution is -0.0501. The molecule has 1 heterocycles. The first-order valence-electron chi connectivity index (χ1n) is 7.75.